The van der Waals surface area contributed by atoms with Gasteiger partial charge in [-0.1, -0.05) is 26.0 Å². The molecule has 1 aliphatic heterocycles. The van der Waals surface area contributed by atoms with Crippen LogP contribution in [0.4, 0.5) is 4.79 Å². The number of ether oxygens (including phenoxy) is 1. The Labute approximate surface area is 138 Å². The van der Waals surface area contributed by atoms with Gasteiger partial charge in [-0.25, -0.2) is 4.79 Å². The number of benzene rings is 1. The van der Waals surface area contributed by atoms with Crippen LogP contribution in [-0.4, -0.2) is 48.4 Å². The van der Waals surface area contributed by atoms with E-state index < -0.39 is 0 Å². The summed E-state index contributed by atoms with van der Waals surface area (Å²) in [4.78, 5) is 13.8. The summed E-state index contributed by atoms with van der Waals surface area (Å²) < 4.78 is 5.64. The van der Waals surface area contributed by atoms with Gasteiger partial charge in [0.15, 0.2) is 0 Å². The van der Waals surface area contributed by atoms with Crippen LogP contribution in [0.3, 0.4) is 0 Å². The van der Waals surface area contributed by atoms with Gasteiger partial charge in [0.1, 0.15) is 12.4 Å². The highest BCUT2D eigenvalue weighted by Gasteiger charge is 2.28. The molecule has 128 valence electrons. The molecule has 1 saturated heterocycles. The van der Waals surface area contributed by atoms with Crippen LogP contribution in [0.1, 0.15) is 38.7 Å². The molecule has 5 heteroatoms. The number of nitrogens with zero attached hydrogens (tertiary/aromatic N) is 1. The summed E-state index contributed by atoms with van der Waals surface area (Å²) in [5, 5.41) is 12.4. The maximum atomic E-state index is 12.0. The van der Waals surface area contributed by atoms with E-state index in [9.17, 15) is 9.90 Å². The van der Waals surface area contributed by atoms with E-state index in [4.69, 9.17) is 4.74 Å². The van der Waals surface area contributed by atoms with Crippen LogP contribution in [0.15, 0.2) is 24.3 Å². The molecule has 0 bridgehead atoms. The van der Waals surface area contributed by atoms with Crippen molar-refractivity contribution in [1.29, 1.82) is 0 Å². The average Bonchev–Trinajstić information content (AvgIpc) is 3.02. The molecule has 1 fully saturated rings. The summed E-state index contributed by atoms with van der Waals surface area (Å²) in [7, 11) is 0. The zero-order valence-electron chi connectivity index (χ0n) is 14.3. The summed E-state index contributed by atoms with van der Waals surface area (Å²) >= 11 is 0. The minimum Gasteiger partial charge on any atom is -0.492 e. The van der Waals surface area contributed by atoms with Gasteiger partial charge in [0, 0.05) is 19.0 Å². The molecule has 1 aliphatic rings. The lowest BCUT2D eigenvalue weighted by Gasteiger charge is -2.18. The van der Waals surface area contributed by atoms with Gasteiger partial charge in [0.2, 0.25) is 0 Å². The second kappa shape index (κ2) is 8.20. The van der Waals surface area contributed by atoms with Crippen LogP contribution >= 0.6 is 0 Å². The number of aliphatic hydroxyl groups is 1. The van der Waals surface area contributed by atoms with Crippen LogP contribution in [0.5, 0.6) is 5.75 Å². The van der Waals surface area contributed by atoms with Gasteiger partial charge in [-0.05, 0) is 37.0 Å². The predicted molar refractivity (Wildman–Crippen MR) is 90.8 cm³/mol. The molecule has 2 amide bonds. The van der Waals surface area contributed by atoms with E-state index in [0.29, 0.717) is 32.2 Å². The second-order valence-corrected chi connectivity index (χ2v) is 6.54. The van der Waals surface area contributed by atoms with E-state index in [1.54, 1.807) is 11.8 Å². The molecular weight excluding hydrogens is 292 g/mol. The van der Waals surface area contributed by atoms with Gasteiger partial charge in [-0.3, -0.25) is 0 Å². The fourth-order valence-corrected chi connectivity index (χ4v) is 2.75. The van der Waals surface area contributed by atoms with E-state index in [-0.39, 0.29) is 18.1 Å². The van der Waals surface area contributed by atoms with Crippen LogP contribution in [0, 0.1) is 5.92 Å². The maximum Gasteiger partial charge on any atom is 0.317 e. The maximum absolute atomic E-state index is 12.0. The Balaban J connectivity index is 1.66. The van der Waals surface area contributed by atoms with Crippen molar-refractivity contribution in [3.05, 3.63) is 29.8 Å². The highest BCUT2D eigenvalue weighted by Crippen LogP contribution is 2.20. The normalized spacial score (nSPS) is 19.0. The molecule has 23 heavy (non-hydrogen) atoms. The highest BCUT2D eigenvalue weighted by molar-refractivity contribution is 5.74. The lowest BCUT2D eigenvalue weighted by atomic mass is 10.0. The molecule has 2 unspecified atom stereocenters. The fraction of sp³-hybridized carbons (Fsp3) is 0.611. The number of hydrogen-bond acceptors (Lipinski definition) is 3. The number of likely N-dealkylation sites (tertiary alicyclic amines) is 1. The number of rotatable bonds is 6. The largest absolute Gasteiger partial charge is 0.492 e. The van der Waals surface area contributed by atoms with Gasteiger partial charge in [-0.15, -0.1) is 0 Å². The van der Waals surface area contributed by atoms with Crippen molar-refractivity contribution in [1.82, 2.24) is 10.2 Å². The van der Waals surface area contributed by atoms with Gasteiger partial charge < -0.3 is 20.1 Å². The molecule has 5 nitrogen and oxygen atoms in total. The van der Waals surface area contributed by atoms with Gasteiger partial charge in [-0.2, -0.15) is 0 Å². The molecule has 2 atom stereocenters. The van der Waals surface area contributed by atoms with Gasteiger partial charge in [0.05, 0.1) is 12.6 Å². The van der Waals surface area contributed by atoms with E-state index in [1.165, 1.54) is 5.56 Å². The molecule has 1 aromatic carbocycles. The first-order valence-electron chi connectivity index (χ1n) is 8.41. The first-order chi connectivity index (χ1) is 11.0. The molecule has 2 rings (SSSR count). The number of amides is 2. The quantitative estimate of drug-likeness (QED) is 0.792. The lowest BCUT2D eigenvalue weighted by molar-refractivity contribution is 0.129. The van der Waals surface area contributed by atoms with Crippen molar-refractivity contribution < 1.29 is 14.6 Å². The number of aliphatic hydroxyl groups excluding tert-OH is 1. The molecule has 0 saturated carbocycles. The van der Waals surface area contributed by atoms with Crippen LogP contribution in [0.2, 0.25) is 0 Å². The molecule has 0 spiro atoms. The Morgan fingerprint density at radius 2 is 2.04 bits per heavy atom. The number of carbonyl (C=O) groups is 1. The SMILES string of the molecule is CC(C)c1ccc(OCCNC(=O)N2CCC(C(C)O)C2)cc1. The summed E-state index contributed by atoms with van der Waals surface area (Å²) in [5.74, 6) is 1.52. The Kier molecular flexibility index (Phi) is 6.28. The second-order valence-electron chi connectivity index (χ2n) is 6.54. The molecule has 2 N–H and O–H groups in total. The zero-order chi connectivity index (χ0) is 16.8. The number of carbonyl (C=O) groups excluding carboxylic acids is 1. The number of nitrogens with one attached hydrogen (secondary N) is 1. The van der Waals surface area contributed by atoms with Crippen LogP contribution < -0.4 is 10.1 Å². The van der Waals surface area contributed by atoms with Crippen molar-refractivity contribution in [3.8, 4) is 5.75 Å². The average molecular weight is 320 g/mol. The first kappa shape index (κ1) is 17.6. The van der Waals surface area contributed by atoms with Crippen molar-refractivity contribution >= 4 is 6.03 Å². The van der Waals surface area contributed by atoms with Crippen molar-refractivity contribution in [2.75, 3.05) is 26.2 Å². The van der Waals surface area contributed by atoms with Crippen molar-refractivity contribution in [3.63, 3.8) is 0 Å². The Morgan fingerprint density at radius 3 is 2.61 bits per heavy atom. The van der Waals surface area contributed by atoms with Crippen LogP contribution in [0.25, 0.3) is 0 Å². The third-order valence-electron chi connectivity index (χ3n) is 4.39. The smallest absolute Gasteiger partial charge is 0.317 e. The fourth-order valence-electron chi connectivity index (χ4n) is 2.75. The minimum absolute atomic E-state index is 0.0769. The lowest BCUT2D eigenvalue weighted by Crippen LogP contribution is -2.40. The monoisotopic (exact) mass is 320 g/mol. The zero-order valence-corrected chi connectivity index (χ0v) is 14.3. The molecule has 0 radical (unpaired) electrons. The summed E-state index contributed by atoms with van der Waals surface area (Å²) in [5.41, 5.74) is 1.28. The van der Waals surface area contributed by atoms with E-state index in [1.807, 2.05) is 12.1 Å². The minimum atomic E-state index is -0.357. The number of hydrogen-bond donors (Lipinski definition) is 2. The first-order valence-corrected chi connectivity index (χ1v) is 8.41. The van der Waals surface area contributed by atoms with E-state index >= 15 is 0 Å². The Hall–Kier alpha value is -1.75. The highest BCUT2D eigenvalue weighted by atomic mass is 16.5. The Bertz CT molecular complexity index is 499. The summed E-state index contributed by atoms with van der Waals surface area (Å²) in [6, 6.07) is 7.99. The van der Waals surface area contributed by atoms with Crippen molar-refractivity contribution in [2.45, 2.75) is 39.2 Å². The molecule has 1 aromatic rings. The van der Waals surface area contributed by atoms with E-state index in [2.05, 4.69) is 31.3 Å². The molecule has 1 heterocycles. The van der Waals surface area contributed by atoms with Crippen molar-refractivity contribution in [2.24, 2.45) is 5.92 Å². The number of urea groups is 1. The molecule has 0 aliphatic carbocycles. The standard InChI is InChI=1S/C18H28N2O3/c1-13(2)15-4-6-17(7-5-15)23-11-9-19-18(22)20-10-8-16(12-20)14(3)21/h4-7,13-14,16,21H,8-12H2,1-3H3,(H,19,22). The summed E-state index contributed by atoms with van der Waals surface area (Å²) in [6.07, 6.45) is 0.508. The molecule has 0 aromatic heterocycles. The Morgan fingerprint density at radius 1 is 1.35 bits per heavy atom. The van der Waals surface area contributed by atoms with Gasteiger partial charge in [0.25, 0.3) is 0 Å². The topological polar surface area (TPSA) is 61.8 Å². The third-order valence-corrected chi connectivity index (χ3v) is 4.39. The molecular formula is C18H28N2O3. The van der Waals surface area contributed by atoms with Gasteiger partial charge >= 0.3 is 6.03 Å². The van der Waals surface area contributed by atoms with E-state index in [0.717, 1.165) is 12.2 Å². The van der Waals surface area contributed by atoms with Crippen LogP contribution in [-0.2, 0) is 0 Å². The predicted octanol–water partition coefficient (Wildman–Crippen LogP) is 2.60. The third kappa shape index (κ3) is 5.13. The summed E-state index contributed by atoms with van der Waals surface area (Å²) in [6.45, 7) is 8.35.